The van der Waals surface area contributed by atoms with Crippen LogP contribution in [-0.2, 0) is 6.54 Å². The average Bonchev–Trinajstić information content (AvgIpc) is 2.59. The number of hydrogen-bond acceptors (Lipinski definition) is 3. The number of nitrogens with zero attached hydrogens (tertiary/aromatic N) is 3. The van der Waals surface area contributed by atoms with Crippen molar-refractivity contribution in [1.82, 2.24) is 15.1 Å². The van der Waals surface area contributed by atoms with Crippen LogP contribution in [0.25, 0.3) is 0 Å². The van der Waals surface area contributed by atoms with Crippen molar-refractivity contribution in [2.24, 2.45) is 10.7 Å². The highest BCUT2D eigenvalue weighted by Crippen LogP contribution is 2.08. The SMILES string of the molecule is C=C(C)CN=C(N)NCCCN1CCN(Cc2ccccc2)CC1. The smallest absolute Gasteiger partial charge is 0.188 e. The van der Waals surface area contributed by atoms with Crippen LogP contribution in [0.4, 0.5) is 0 Å². The van der Waals surface area contributed by atoms with E-state index in [1.165, 1.54) is 5.56 Å². The fraction of sp³-hybridized carbons (Fsp3) is 0.526. The number of guanidine groups is 1. The topological polar surface area (TPSA) is 56.9 Å². The highest BCUT2D eigenvalue weighted by Gasteiger charge is 2.16. The molecule has 1 saturated heterocycles. The van der Waals surface area contributed by atoms with Crippen LogP contribution in [0.15, 0.2) is 47.5 Å². The zero-order valence-electron chi connectivity index (χ0n) is 14.9. The van der Waals surface area contributed by atoms with Crippen LogP contribution in [-0.4, -0.2) is 61.6 Å². The largest absolute Gasteiger partial charge is 0.370 e. The normalized spacial score (nSPS) is 17.0. The molecule has 0 unspecified atom stereocenters. The van der Waals surface area contributed by atoms with Crippen molar-refractivity contribution < 1.29 is 0 Å². The van der Waals surface area contributed by atoms with Gasteiger partial charge in [0.2, 0.25) is 0 Å². The molecule has 1 aromatic carbocycles. The van der Waals surface area contributed by atoms with Gasteiger partial charge in [-0.25, -0.2) is 4.99 Å². The molecular formula is C19H31N5. The van der Waals surface area contributed by atoms with Crippen LogP contribution in [0.2, 0.25) is 0 Å². The molecule has 0 amide bonds. The summed E-state index contributed by atoms with van der Waals surface area (Å²) in [6.07, 6.45) is 1.09. The number of rotatable bonds is 8. The molecule has 5 nitrogen and oxygen atoms in total. The lowest BCUT2D eigenvalue weighted by atomic mass is 10.2. The van der Waals surface area contributed by atoms with Crippen molar-refractivity contribution >= 4 is 5.96 Å². The van der Waals surface area contributed by atoms with Gasteiger partial charge in [0.15, 0.2) is 5.96 Å². The van der Waals surface area contributed by atoms with E-state index in [4.69, 9.17) is 5.73 Å². The molecule has 0 atom stereocenters. The number of nitrogens with one attached hydrogen (secondary N) is 1. The first-order valence-corrected chi connectivity index (χ1v) is 8.80. The Hall–Kier alpha value is -1.85. The molecule has 0 aromatic heterocycles. The average molecular weight is 329 g/mol. The monoisotopic (exact) mass is 329 g/mol. The standard InChI is InChI=1S/C19H31N5/c1-17(2)15-22-19(20)21-9-6-10-23-11-13-24(14-12-23)16-18-7-4-3-5-8-18/h3-5,7-8H,1,6,9-16H2,2H3,(H3,20,21,22). The van der Waals surface area contributed by atoms with Gasteiger partial charge >= 0.3 is 0 Å². The van der Waals surface area contributed by atoms with Crippen molar-refractivity contribution in [2.45, 2.75) is 19.9 Å². The maximum Gasteiger partial charge on any atom is 0.188 e. The molecule has 0 saturated carbocycles. The fourth-order valence-corrected chi connectivity index (χ4v) is 2.81. The number of nitrogens with two attached hydrogens (primary N) is 1. The molecule has 1 aliphatic rings. The Balaban J connectivity index is 1.56. The van der Waals surface area contributed by atoms with E-state index in [-0.39, 0.29) is 0 Å². The van der Waals surface area contributed by atoms with Gasteiger partial charge in [-0.1, -0.05) is 42.5 Å². The molecule has 0 spiro atoms. The van der Waals surface area contributed by atoms with E-state index in [2.05, 4.69) is 57.0 Å². The summed E-state index contributed by atoms with van der Waals surface area (Å²) < 4.78 is 0. The van der Waals surface area contributed by atoms with Crippen LogP contribution in [0.3, 0.4) is 0 Å². The maximum absolute atomic E-state index is 5.81. The predicted molar refractivity (Wildman–Crippen MR) is 102 cm³/mol. The minimum Gasteiger partial charge on any atom is -0.370 e. The number of aliphatic imine (C=N–C) groups is 1. The molecule has 1 aromatic rings. The quantitative estimate of drug-likeness (QED) is 0.330. The van der Waals surface area contributed by atoms with E-state index in [1.807, 2.05) is 6.92 Å². The summed E-state index contributed by atoms with van der Waals surface area (Å²) in [5, 5.41) is 3.17. The van der Waals surface area contributed by atoms with Crippen molar-refractivity contribution in [3.63, 3.8) is 0 Å². The molecule has 5 heteroatoms. The summed E-state index contributed by atoms with van der Waals surface area (Å²) in [4.78, 5) is 9.29. The summed E-state index contributed by atoms with van der Waals surface area (Å²) in [5.41, 5.74) is 8.23. The Labute approximate surface area is 146 Å². The van der Waals surface area contributed by atoms with E-state index in [0.29, 0.717) is 12.5 Å². The van der Waals surface area contributed by atoms with Crippen molar-refractivity contribution in [3.05, 3.63) is 48.0 Å². The molecular weight excluding hydrogens is 298 g/mol. The lowest BCUT2D eigenvalue weighted by molar-refractivity contribution is 0.126. The first-order chi connectivity index (χ1) is 11.6. The van der Waals surface area contributed by atoms with Gasteiger partial charge in [-0.05, 0) is 25.5 Å². The number of piperazine rings is 1. The third-order valence-electron chi connectivity index (χ3n) is 4.19. The van der Waals surface area contributed by atoms with Gasteiger partial charge in [0.25, 0.3) is 0 Å². The van der Waals surface area contributed by atoms with Crippen LogP contribution < -0.4 is 11.1 Å². The number of hydrogen-bond donors (Lipinski definition) is 2. The Bertz CT molecular complexity index is 518. The minimum atomic E-state index is 0.519. The molecule has 2 rings (SSSR count). The van der Waals surface area contributed by atoms with E-state index in [1.54, 1.807) is 0 Å². The Morgan fingerprint density at radius 3 is 2.50 bits per heavy atom. The van der Waals surface area contributed by atoms with Crippen molar-refractivity contribution in [3.8, 4) is 0 Å². The lowest BCUT2D eigenvalue weighted by Gasteiger charge is -2.34. The molecule has 1 aliphatic heterocycles. The first-order valence-electron chi connectivity index (χ1n) is 8.80. The Kier molecular flexibility index (Phi) is 7.79. The van der Waals surface area contributed by atoms with Gasteiger partial charge in [-0.3, -0.25) is 4.90 Å². The summed E-state index contributed by atoms with van der Waals surface area (Å²) in [7, 11) is 0. The zero-order chi connectivity index (χ0) is 17.2. The Morgan fingerprint density at radius 1 is 1.17 bits per heavy atom. The van der Waals surface area contributed by atoms with Gasteiger partial charge in [-0.15, -0.1) is 0 Å². The van der Waals surface area contributed by atoms with Crippen LogP contribution in [0.1, 0.15) is 18.9 Å². The summed E-state index contributed by atoms with van der Waals surface area (Å²) in [6.45, 7) is 14.0. The first kappa shape index (κ1) is 18.5. The van der Waals surface area contributed by atoms with Crippen molar-refractivity contribution in [1.29, 1.82) is 0 Å². The molecule has 132 valence electrons. The molecule has 0 radical (unpaired) electrons. The molecule has 24 heavy (non-hydrogen) atoms. The molecule has 3 N–H and O–H groups in total. The highest BCUT2D eigenvalue weighted by atomic mass is 15.3. The van der Waals surface area contributed by atoms with Gasteiger partial charge in [-0.2, -0.15) is 0 Å². The predicted octanol–water partition coefficient (Wildman–Crippen LogP) is 1.67. The second-order valence-corrected chi connectivity index (χ2v) is 6.54. The maximum atomic E-state index is 5.81. The summed E-state index contributed by atoms with van der Waals surface area (Å²) in [6, 6.07) is 10.7. The third kappa shape index (κ3) is 7.15. The molecule has 0 bridgehead atoms. The Morgan fingerprint density at radius 2 is 1.83 bits per heavy atom. The van der Waals surface area contributed by atoms with Gasteiger partial charge < -0.3 is 16.0 Å². The number of benzene rings is 1. The molecule has 0 aliphatic carbocycles. The van der Waals surface area contributed by atoms with E-state index in [0.717, 1.165) is 57.8 Å². The van der Waals surface area contributed by atoms with Gasteiger partial charge in [0, 0.05) is 39.3 Å². The van der Waals surface area contributed by atoms with Crippen LogP contribution in [0.5, 0.6) is 0 Å². The summed E-state index contributed by atoms with van der Waals surface area (Å²) >= 11 is 0. The third-order valence-corrected chi connectivity index (χ3v) is 4.19. The van der Waals surface area contributed by atoms with E-state index in [9.17, 15) is 0 Å². The second-order valence-electron chi connectivity index (χ2n) is 6.54. The van der Waals surface area contributed by atoms with Gasteiger partial charge in [0.1, 0.15) is 0 Å². The molecule has 1 fully saturated rings. The fourth-order valence-electron chi connectivity index (χ4n) is 2.81. The minimum absolute atomic E-state index is 0.519. The second kappa shape index (κ2) is 10.1. The zero-order valence-corrected chi connectivity index (χ0v) is 14.9. The van der Waals surface area contributed by atoms with Crippen LogP contribution in [0, 0.1) is 0 Å². The lowest BCUT2D eigenvalue weighted by Crippen LogP contribution is -2.46. The van der Waals surface area contributed by atoms with E-state index >= 15 is 0 Å². The van der Waals surface area contributed by atoms with E-state index < -0.39 is 0 Å². The molecule has 1 heterocycles. The van der Waals surface area contributed by atoms with Crippen molar-refractivity contribution in [2.75, 3.05) is 45.8 Å². The highest BCUT2D eigenvalue weighted by molar-refractivity contribution is 5.77. The van der Waals surface area contributed by atoms with Gasteiger partial charge in [0.05, 0.1) is 6.54 Å². The van der Waals surface area contributed by atoms with Crippen LogP contribution >= 0.6 is 0 Å². The summed E-state index contributed by atoms with van der Waals surface area (Å²) in [5.74, 6) is 0.519.